The van der Waals surface area contributed by atoms with E-state index in [-0.39, 0.29) is 0 Å². The molecule has 106 valence electrons. The van der Waals surface area contributed by atoms with Crippen LogP contribution in [0.1, 0.15) is 45.7 Å². The number of hydrogen-bond donors (Lipinski definition) is 1. The molecule has 3 heteroatoms. The topological polar surface area (TPSA) is 28.2 Å². The Labute approximate surface area is 117 Å². The highest BCUT2D eigenvalue weighted by atomic mass is 15.2. The van der Waals surface area contributed by atoms with Gasteiger partial charge in [0, 0.05) is 37.6 Å². The van der Waals surface area contributed by atoms with Gasteiger partial charge >= 0.3 is 0 Å². The van der Waals surface area contributed by atoms with E-state index >= 15 is 0 Å². The second-order valence-corrected chi connectivity index (χ2v) is 6.68. The van der Waals surface area contributed by atoms with Gasteiger partial charge in [-0.1, -0.05) is 20.8 Å². The van der Waals surface area contributed by atoms with Crippen molar-refractivity contribution in [3.63, 3.8) is 0 Å². The first-order chi connectivity index (χ1) is 8.98. The van der Waals surface area contributed by atoms with Crippen molar-refractivity contribution in [3.8, 4) is 0 Å². The number of aromatic nitrogens is 1. The second kappa shape index (κ2) is 6.02. The van der Waals surface area contributed by atoms with Gasteiger partial charge in [-0.2, -0.15) is 0 Å². The van der Waals surface area contributed by atoms with Gasteiger partial charge in [0.15, 0.2) is 0 Å². The van der Waals surface area contributed by atoms with Gasteiger partial charge in [-0.3, -0.25) is 9.88 Å². The molecule has 0 saturated carbocycles. The third kappa shape index (κ3) is 3.77. The Bertz CT molecular complexity index is 383. The van der Waals surface area contributed by atoms with Crippen LogP contribution < -0.4 is 5.32 Å². The highest BCUT2D eigenvalue weighted by Crippen LogP contribution is 2.26. The highest BCUT2D eigenvalue weighted by molar-refractivity contribution is 5.14. The van der Waals surface area contributed by atoms with Crippen molar-refractivity contribution in [3.05, 3.63) is 30.1 Å². The quantitative estimate of drug-likeness (QED) is 0.887. The van der Waals surface area contributed by atoms with Gasteiger partial charge in [-0.05, 0) is 43.0 Å². The van der Waals surface area contributed by atoms with Crippen molar-refractivity contribution in [2.45, 2.75) is 46.2 Å². The third-order valence-electron chi connectivity index (χ3n) is 4.21. The molecule has 0 aliphatic carbocycles. The molecule has 1 N–H and O–H groups in total. The van der Waals surface area contributed by atoms with E-state index in [2.05, 4.69) is 55.0 Å². The van der Waals surface area contributed by atoms with Crippen LogP contribution in [0.2, 0.25) is 0 Å². The normalized spacial score (nSPS) is 23.9. The van der Waals surface area contributed by atoms with Crippen LogP contribution in [-0.4, -0.2) is 35.6 Å². The molecule has 1 aliphatic rings. The molecule has 1 fully saturated rings. The van der Waals surface area contributed by atoms with E-state index in [9.17, 15) is 0 Å². The average molecular weight is 261 g/mol. The minimum absolute atomic E-state index is 0.306. The highest BCUT2D eigenvalue weighted by Gasteiger charge is 2.29. The molecule has 1 aromatic rings. The Kier molecular flexibility index (Phi) is 4.58. The van der Waals surface area contributed by atoms with Crippen molar-refractivity contribution < 1.29 is 0 Å². The molecule has 0 bridgehead atoms. The number of hydrogen-bond acceptors (Lipinski definition) is 3. The fourth-order valence-corrected chi connectivity index (χ4v) is 2.73. The second-order valence-electron chi connectivity index (χ2n) is 6.68. The van der Waals surface area contributed by atoms with Crippen LogP contribution in [0.15, 0.2) is 24.5 Å². The summed E-state index contributed by atoms with van der Waals surface area (Å²) in [6, 6.07) is 5.29. The zero-order chi connectivity index (χ0) is 13.9. The van der Waals surface area contributed by atoms with Crippen LogP contribution in [0.3, 0.4) is 0 Å². The monoisotopic (exact) mass is 261 g/mol. The molecular formula is C16H27N3. The van der Waals surface area contributed by atoms with E-state index in [1.54, 1.807) is 0 Å². The van der Waals surface area contributed by atoms with Crippen molar-refractivity contribution in [1.29, 1.82) is 0 Å². The summed E-state index contributed by atoms with van der Waals surface area (Å²) < 4.78 is 0. The minimum Gasteiger partial charge on any atom is -0.312 e. The summed E-state index contributed by atoms with van der Waals surface area (Å²) in [7, 11) is 0. The van der Waals surface area contributed by atoms with E-state index in [4.69, 9.17) is 0 Å². The van der Waals surface area contributed by atoms with E-state index in [1.807, 2.05) is 12.4 Å². The van der Waals surface area contributed by atoms with E-state index in [1.165, 1.54) is 18.5 Å². The Morgan fingerprint density at radius 1 is 1.32 bits per heavy atom. The first-order valence-electron chi connectivity index (χ1n) is 7.36. The predicted octanol–water partition coefficient (Wildman–Crippen LogP) is 2.85. The summed E-state index contributed by atoms with van der Waals surface area (Å²) in [5.41, 5.74) is 1.67. The summed E-state index contributed by atoms with van der Waals surface area (Å²) in [6.45, 7) is 12.7. The number of nitrogens with zero attached hydrogens (tertiary/aromatic N) is 2. The fraction of sp³-hybridized carbons (Fsp3) is 0.688. The molecule has 0 spiro atoms. The molecule has 3 nitrogen and oxygen atoms in total. The maximum absolute atomic E-state index is 4.11. The van der Waals surface area contributed by atoms with Crippen LogP contribution in [0, 0.1) is 5.41 Å². The van der Waals surface area contributed by atoms with E-state index in [0.29, 0.717) is 17.5 Å². The van der Waals surface area contributed by atoms with E-state index in [0.717, 1.165) is 13.1 Å². The summed E-state index contributed by atoms with van der Waals surface area (Å²) in [4.78, 5) is 6.72. The number of rotatable bonds is 2. The lowest BCUT2D eigenvalue weighted by atomic mass is 9.86. The Hall–Kier alpha value is -0.930. The molecule has 2 rings (SSSR count). The summed E-state index contributed by atoms with van der Waals surface area (Å²) >= 11 is 0. The molecule has 1 aliphatic heterocycles. The van der Waals surface area contributed by atoms with Crippen molar-refractivity contribution >= 4 is 0 Å². The first kappa shape index (κ1) is 14.5. The van der Waals surface area contributed by atoms with Crippen molar-refractivity contribution in [1.82, 2.24) is 15.2 Å². The molecule has 2 unspecified atom stereocenters. The van der Waals surface area contributed by atoms with Gasteiger partial charge in [-0.25, -0.2) is 0 Å². The summed E-state index contributed by atoms with van der Waals surface area (Å²) in [5, 5.41) is 3.70. The third-order valence-corrected chi connectivity index (χ3v) is 4.21. The van der Waals surface area contributed by atoms with Gasteiger partial charge in [0.2, 0.25) is 0 Å². The summed E-state index contributed by atoms with van der Waals surface area (Å²) in [6.07, 6.45) is 5.01. The van der Waals surface area contributed by atoms with E-state index < -0.39 is 0 Å². The zero-order valence-corrected chi connectivity index (χ0v) is 12.7. The Morgan fingerprint density at radius 3 is 2.63 bits per heavy atom. The predicted molar refractivity (Wildman–Crippen MR) is 80.1 cm³/mol. The van der Waals surface area contributed by atoms with Gasteiger partial charge in [-0.15, -0.1) is 0 Å². The molecule has 19 heavy (non-hydrogen) atoms. The van der Waals surface area contributed by atoms with Gasteiger partial charge in [0.25, 0.3) is 0 Å². The van der Waals surface area contributed by atoms with Crippen molar-refractivity contribution in [2.75, 3.05) is 19.6 Å². The first-order valence-corrected chi connectivity index (χ1v) is 7.36. The minimum atomic E-state index is 0.306. The molecule has 2 heterocycles. The lowest BCUT2D eigenvalue weighted by Gasteiger charge is -2.36. The molecule has 0 aromatic carbocycles. The molecular weight excluding hydrogens is 234 g/mol. The SMILES string of the molecule is CC(c1ccncc1)N1CCCNC(C(C)(C)C)C1. The molecule has 1 saturated heterocycles. The number of pyridine rings is 1. The smallest absolute Gasteiger partial charge is 0.0321 e. The van der Waals surface area contributed by atoms with Crippen LogP contribution >= 0.6 is 0 Å². The van der Waals surface area contributed by atoms with Crippen molar-refractivity contribution in [2.24, 2.45) is 5.41 Å². The maximum Gasteiger partial charge on any atom is 0.0321 e. The molecule has 2 atom stereocenters. The lowest BCUT2D eigenvalue weighted by molar-refractivity contribution is 0.162. The largest absolute Gasteiger partial charge is 0.312 e. The average Bonchev–Trinajstić information content (AvgIpc) is 2.64. The lowest BCUT2D eigenvalue weighted by Crippen LogP contribution is -2.46. The van der Waals surface area contributed by atoms with Crippen LogP contribution in [-0.2, 0) is 0 Å². The fourth-order valence-electron chi connectivity index (χ4n) is 2.73. The molecule has 0 amide bonds. The Morgan fingerprint density at radius 2 is 2.00 bits per heavy atom. The zero-order valence-electron chi connectivity index (χ0n) is 12.7. The van der Waals surface area contributed by atoms with Crippen LogP contribution in [0.5, 0.6) is 0 Å². The Balaban J connectivity index is 2.10. The molecule has 0 radical (unpaired) electrons. The van der Waals surface area contributed by atoms with Gasteiger partial charge in [0.1, 0.15) is 0 Å². The maximum atomic E-state index is 4.11. The van der Waals surface area contributed by atoms with Gasteiger partial charge < -0.3 is 5.32 Å². The van der Waals surface area contributed by atoms with Gasteiger partial charge in [0.05, 0.1) is 0 Å². The van der Waals surface area contributed by atoms with Crippen LogP contribution in [0.25, 0.3) is 0 Å². The molecule has 1 aromatic heterocycles. The standard InChI is InChI=1S/C16H27N3/c1-13(14-6-9-17-10-7-14)19-11-5-8-18-15(12-19)16(2,3)4/h6-7,9-10,13,15,18H,5,8,11-12H2,1-4H3. The number of nitrogens with one attached hydrogen (secondary N) is 1. The summed E-state index contributed by atoms with van der Waals surface area (Å²) in [5.74, 6) is 0. The van der Waals surface area contributed by atoms with Crippen LogP contribution in [0.4, 0.5) is 0 Å².